The van der Waals surface area contributed by atoms with E-state index in [2.05, 4.69) is 20.6 Å². The van der Waals surface area contributed by atoms with Crippen molar-refractivity contribution in [2.45, 2.75) is 25.3 Å². The summed E-state index contributed by atoms with van der Waals surface area (Å²) in [6.45, 7) is 1.95. The standard InChI is InChI=1S/C14H19N5/c15-13-14(17-9-10-5-3-4-8-16-10)19-12-7-2-1-6-11(12)18-13/h1-2,6-7,10,16H,3-5,8-9H2,(H2,15,18)(H,17,19). The Morgan fingerprint density at radius 1 is 1.21 bits per heavy atom. The number of nitrogens with zero attached hydrogens (tertiary/aromatic N) is 2. The molecule has 19 heavy (non-hydrogen) atoms. The van der Waals surface area contributed by atoms with Crippen molar-refractivity contribution >= 4 is 22.7 Å². The first-order chi connectivity index (χ1) is 9.33. The topological polar surface area (TPSA) is 75.9 Å². The summed E-state index contributed by atoms with van der Waals surface area (Å²) in [5.74, 6) is 1.15. The van der Waals surface area contributed by atoms with Crippen molar-refractivity contribution in [1.82, 2.24) is 15.3 Å². The number of nitrogens with two attached hydrogens (primary N) is 1. The van der Waals surface area contributed by atoms with Gasteiger partial charge in [0.1, 0.15) is 0 Å². The summed E-state index contributed by atoms with van der Waals surface area (Å²) in [5, 5.41) is 6.81. The minimum Gasteiger partial charge on any atom is -0.381 e. The van der Waals surface area contributed by atoms with Gasteiger partial charge in [-0.2, -0.15) is 0 Å². The van der Waals surface area contributed by atoms with Gasteiger partial charge in [-0.05, 0) is 31.5 Å². The highest BCUT2D eigenvalue weighted by atomic mass is 15.1. The molecule has 0 radical (unpaired) electrons. The number of hydrogen-bond donors (Lipinski definition) is 3. The largest absolute Gasteiger partial charge is 0.381 e. The predicted octanol–water partition coefficient (Wildman–Crippen LogP) is 1.77. The molecule has 2 heterocycles. The number of benzene rings is 1. The van der Waals surface area contributed by atoms with E-state index in [9.17, 15) is 0 Å². The molecule has 1 unspecified atom stereocenters. The lowest BCUT2D eigenvalue weighted by atomic mass is 10.1. The minimum absolute atomic E-state index is 0.467. The second kappa shape index (κ2) is 5.40. The van der Waals surface area contributed by atoms with Crippen LogP contribution in [0.3, 0.4) is 0 Å². The lowest BCUT2D eigenvalue weighted by Gasteiger charge is -2.24. The van der Waals surface area contributed by atoms with Gasteiger partial charge in [0.2, 0.25) is 0 Å². The molecule has 5 heteroatoms. The second-order valence-electron chi connectivity index (χ2n) is 4.97. The van der Waals surface area contributed by atoms with E-state index >= 15 is 0 Å². The van der Waals surface area contributed by atoms with Gasteiger partial charge in [0, 0.05) is 12.6 Å². The Morgan fingerprint density at radius 2 is 2.00 bits per heavy atom. The van der Waals surface area contributed by atoms with Crippen LogP contribution < -0.4 is 16.4 Å². The van der Waals surface area contributed by atoms with E-state index in [1.165, 1.54) is 19.3 Å². The molecule has 0 aliphatic carbocycles. The Hall–Kier alpha value is -1.88. The average Bonchev–Trinajstić information content (AvgIpc) is 2.46. The number of para-hydroxylation sites is 2. The molecule has 1 saturated heterocycles. The van der Waals surface area contributed by atoms with Gasteiger partial charge in [0.05, 0.1) is 11.0 Å². The molecule has 0 bridgehead atoms. The Morgan fingerprint density at radius 3 is 2.74 bits per heavy atom. The molecule has 0 spiro atoms. The number of aromatic nitrogens is 2. The molecule has 3 rings (SSSR count). The Balaban J connectivity index is 1.74. The molecule has 1 aromatic heterocycles. The van der Waals surface area contributed by atoms with Crippen LogP contribution in [0.1, 0.15) is 19.3 Å². The highest BCUT2D eigenvalue weighted by molar-refractivity contribution is 5.79. The fraction of sp³-hybridized carbons (Fsp3) is 0.429. The summed E-state index contributed by atoms with van der Waals surface area (Å²) < 4.78 is 0. The van der Waals surface area contributed by atoms with Gasteiger partial charge in [-0.1, -0.05) is 18.6 Å². The third-order valence-electron chi connectivity index (χ3n) is 3.53. The van der Waals surface area contributed by atoms with E-state index in [0.717, 1.165) is 24.1 Å². The fourth-order valence-electron chi connectivity index (χ4n) is 2.46. The summed E-state index contributed by atoms with van der Waals surface area (Å²) in [6.07, 6.45) is 3.76. The van der Waals surface area contributed by atoms with Crippen molar-refractivity contribution in [1.29, 1.82) is 0 Å². The number of hydrogen-bond acceptors (Lipinski definition) is 5. The molecular weight excluding hydrogens is 238 g/mol. The third-order valence-corrected chi connectivity index (χ3v) is 3.53. The van der Waals surface area contributed by atoms with Crippen molar-refractivity contribution in [3.8, 4) is 0 Å². The third kappa shape index (κ3) is 2.76. The number of anilines is 2. The summed E-state index contributed by atoms with van der Waals surface area (Å²) in [5.41, 5.74) is 7.65. The van der Waals surface area contributed by atoms with Gasteiger partial charge in [-0.3, -0.25) is 0 Å². The van der Waals surface area contributed by atoms with Crippen LogP contribution in [0.4, 0.5) is 11.6 Å². The number of rotatable bonds is 3. The van der Waals surface area contributed by atoms with Crippen molar-refractivity contribution in [2.75, 3.05) is 24.1 Å². The maximum absolute atomic E-state index is 5.95. The summed E-state index contributed by atoms with van der Waals surface area (Å²) >= 11 is 0. The molecule has 1 aliphatic heterocycles. The minimum atomic E-state index is 0.467. The van der Waals surface area contributed by atoms with Crippen LogP contribution in [-0.4, -0.2) is 29.1 Å². The van der Waals surface area contributed by atoms with Gasteiger partial charge in [-0.15, -0.1) is 0 Å². The van der Waals surface area contributed by atoms with Crippen LogP contribution in [0.15, 0.2) is 24.3 Å². The highest BCUT2D eigenvalue weighted by Crippen LogP contribution is 2.18. The summed E-state index contributed by atoms with van der Waals surface area (Å²) in [6, 6.07) is 8.27. The van der Waals surface area contributed by atoms with E-state index in [4.69, 9.17) is 5.73 Å². The monoisotopic (exact) mass is 257 g/mol. The van der Waals surface area contributed by atoms with Crippen molar-refractivity contribution in [3.05, 3.63) is 24.3 Å². The maximum Gasteiger partial charge on any atom is 0.169 e. The van der Waals surface area contributed by atoms with Crippen molar-refractivity contribution in [3.63, 3.8) is 0 Å². The van der Waals surface area contributed by atoms with Gasteiger partial charge >= 0.3 is 0 Å². The van der Waals surface area contributed by atoms with Gasteiger partial charge in [0.25, 0.3) is 0 Å². The summed E-state index contributed by atoms with van der Waals surface area (Å²) in [4.78, 5) is 8.90. The van der Waals surface area contributed by atoms with Crippen LogP contribution in [0, 0.1) is 0 Å². The second-order valence-corrected chi connectivity index (χ2v) is 4.97. The van der Waals surface area contributed by atoms with E-state index in [0.29, 0.717) is 17.7 Å². The normalized spacial score (nSPS) is 19.5. The lowest BCUT2D eigenvalue weighted by molar-refractivity contribution is 0.414. The predicted molar refractivity (Wildman–Crippen MR) is 78.1 cm³/mol. The summed E-state index contributed by atoms with van der Waals surface area (Å²) in [7, 11) is 0. The molecule has 1 atom stereocenters. The van der Waals surface area contributed by atoms with Crippen molar-refractivity contribution < 1.29 is 0 Å². The zero-order valence-electron chi connectivity index (χ0n) is 10.9. The Labute approximate surface area is 112 Å². The molecule has 1 fully saturated rings. The first-order valence-electron chi connectivity index (χ1n) is 6.82. The first kappa shape index (κ1) is 12.2. The quantitative estimate of drug-likeness (QED) is 0.781. The van der Waals surface area contributed by atoms with E-state index in [-0.39, 0.29) is 0 Å². The number of nitrogen functional groups attached to an aromatic ring is 1. The highest BCUT2D eigenvalue weighted by Gasteiger charge is 2.13. The molecule has 100 valence electrons. The van der Waals surface area contributed by atoms with Crippen molar-refractivity contribution in [2.24, 2.45) is 0 Å². The van der Waals surface area contributed by atoms with Crippen LogP contribution in [0.25, 0.3) is 11.0 Å². The van der Waals surface area contributed by atoms with E-state index < -0.39 is 0 Å². The smallest absolute Gasteiger partial charge is 0.169 e. The molecule has 1 aromatic carbocycles. The molecule has 5 nitrogen and oxygen atoms in total. The van der Waals surface area contributed by atoms with Crippen LogP contribution >= 0.6 is 0 Å². The van der Waals surface area contributed by atoms with Crippen LogP contribution in [0.5, 0.6) is 0 Å². The maximum atomic E-state index is 5.95. The van der Waals surface area contributed by atoms with Gasteiger partial charge < -0.3 is 16.4 Å². The number of piperidine rings is 1. The molecule has 4 N–H and O–H groups in total. The zero-order valence-corrected chi connectivity index (χ0v) is 10.9. The molecule has 0 saturated carbocycles. The van der Waals surface area contributed by atoms with E-state index in [1.54, 1.807) is 0 Å². The molecule has 0 amide bonds. The van der Waals surface area contributed by atoms with E-state index in [1.807, 2.05) is 24.3 Å². The Kier molecular flexibility index (Phi) is 3.46. The molecule has 1 aliphatic rings. The Bertz CT molecular complexity index is 563. The lowest BCUT2D eigenvalue weighted by Crippen LogP contribution is -2.39. The van der Waals surface area contributed by atoms with Crippen LogP contribution in [0.2, 0.25) is 0 Å². The number of nitrogens with one attached hydrogen (secondary N) is 2. The molecule has 2 aromatic rings. The first-order valence-corrected chi connectivity index (χ1v) is 6.82. The van der Waals surface area contributed by atoms with Gasteiger partial charge in [-0.25, -0.2) is 9.97 Å². The number of fused-ring (bicyclic) bond motifs is 1. The fourth-order valence-corrected chi connectivity index (χ4v) is 2.46. The SMILES string of the molecule is Nc1nc2ccccc2nc1NCC1CCCCN1. The zero-order chi connectivity index (χ0) is 13.1. The van der Waals surface area contributed by atoms with Crippen LogP contribution in [-0.2, 0) is 0 Å². The molecular formula is C14H19N5. The van der Waals surface area contributed by atoms with Gasteiger partial charge in [0.15, 0.2) is 11.6 Å². The average molecular weight is 257 g/mol.